The number of aromatic nitrogens is 2. The van der Waals surface area contributed by atoms with E-state index < -0.39 is 0 Å². The fraction of sp³-hybridized carbons (Fsp3) is 0.316. The number of carbonyl (C=O) groups excluding carboxylic acids is 1. The summed E-state index contributed by atoms with van der Waals surface area (Å²) >= 11 is 7.43. The number of carbonyl (C=O) groups is 1. The Morgan fingerprint density at radius 3 is 2.78 bits per heavy atom. The van der Waals surface area contributed by atoms with E-state index in [1.54, 1.807) is 11.3 Å². The van der Waals surface area contributed by atoms with E-state index in [0.29, 0.717) is 29.9 Å². The number of rotatable bonds is 9. The fourth-order valence-electron chi connectivity index (χ4n) is 2.60. The van der Waals surface area contributed by atoms with Crippen molar-refractivity contribution in [2.45, 2.75) is 26.4 Å². The van der Waals surface area contributed by atoms with Gasteiger partial charge in [-0.15, -0.1) is 21.5 Å². The molecule has 0 aliphatic heterocycles. The van der Waals surface area contributed by atoms with Crippen molar-refractivity contribution in [1.29, 1.82) is 0 Å². The monoisotopic (exact) mass is 404 g/mol. The lowest BCUT2D eigenvalue weighted by molar-refractivity contribution is -0.122. The van der Waals surface area contributed by atoms with Crippen molar-refractivity contribution in [1.82, 2.24) is 20.4 Å². The van der Waals surface area contributed by atoms with Crippen molar-refractivity contribution in [3.05, 3.63) is 58.3 Å². The number of thiophene rings is 1. The minimum absolute atomic E-state index is 0.0450. The van der Waals surface area contributed by atoms with Gasteiger partial charge in [-0.1, -0.05) is 36.7 Å². The maximum absolute atomic E-state index is 12.3. The van der Waals surface area contributed by atoms with Crippen molar-refractivity contribution in [3.8, 4) is 10.8 Å². The molecule has 0 spiro atoms. The van der Waals surface area contributed by atoms with Crippen LogP contribution in [0.5, 0.6) is 0 Å². The quantitative estimate of drug-likeness (QED) is 0.584. The molecule has 0 aliphatic carbocycles. The Morgan fingerprint density at radius 1 is 1.26 bits per heavy atom. The minimum atomic E-state index is -0.0450. The van der Waals surface area contributed by atoms with Gasteiger partial charge in [0.25, 0.3) is 5.89 Å². The van der Waals surface area contributed by atoms with Crippen LogP contribution in [0.25, 0.3) is 10.8 Å². The smallest absolute Gasteiger partial charge is 0.257 e. The highest BCUT2D eigenvalue weighted by Crippen LogP contribution is 2.23. The van der Waals surface area contributed by atoms with Gasteiger partial charge in [0.15, 0.2) is 0 Å². The largest absolute Gasteiger partial charge is 0.419 e. The van der Waals surface area contributed by atoms with Crippen molar-refractivity contribution in [2.24, 2.45) is 0 Å². The van der Waals surface area contributed by atoms with E-state index >= 15 is 0 Å². The summed E-state index contributed by atoms with van der Waals surface area (Å²) in [5.41, 5.74) is 1.01. The number of nitrogens with one attached hydrogen (secondary N) is 1. The molecule has 0 saturated carbocycles. The predicted octanol–water partition coefficient (Wildman–Crippen LogP) is 3.98. The van der Waals surface area contributed by atoms with Gasteiger partial charge in [-0.2, -0.15) is 0 Å². The van der Waals surface area contributed by atoms with Crippen LogP contribution in [0.4, 0.5) is 0 Å². The summed E-state index contributed by atoms with van der Waals surface area (Å²) in [6, 6.07) is 11.3. The van der Waals surface area contributed by atoms with Crippen LogP contribution in [0.2, 0.25) is 5.02 Å². The maximum Gasteiger partial charge on any atom is 0.257 e. The molecule has 1 aromatic carbocycles. The van der Waals surface area contributed by atoms with Gasteiger partial charge in [-0.05, 0) is 42.1 Å². The second-order valence-electron chi connectivity index (χ2n) is 6.09. The molecule has 27 heavy (non-hydrogen) atoms. The summed E-state index contributed by atoms with van der Waals surface area (Å²) < 4.78 is 5.73. The van der Waals surface area contributed by atoms with Gasteiger partial charge >= 0.3 is 0 Å². The van der Waals surface area contributed by atoms with Crippen LogP contribution < -0.4 is 5.32 Å². The van der Waals surface area contributed by atoms with Gasteiger partial charge in [-0.25, -0.2) is 0 Å². The molecule has 3 aromatic rings. The summed E-state index contributed by atoms with van der Waals surface area (Å²) in [5, 5.41) is 13.8. The molecule has 0 atom stereocenters. The SMILES string of the molecule is CCCN(CC(=O)NCc1ccc(Cl)cc1)Cc1nnc(-c2cccs2)o1. The van der Waals surface area contributed by atoms with Crippen LogP contribution in [0, 0.1) is 0 Å². The molecule has 1 N–H and O–H groups in total. The maximum atomic E-state index is 12.3. The first-order valence-electron chi connectivity index (χ1n) is 8.74. The summed E-state index contributed by atoms with van der Waals surface area (Å²) in [7, 11) is 0. The highest BCUT2D eigenvalue weighted by Gasteiger charge is 2.15. The van der Waals surface area contributed by atoms with Crippen molar-refractivity contribution in [3.63, 3.8) is 0 Å². The molecular weight excluding hydrogens is 384 g/mol. The van der Waals surface area contributed by atoms with Crippen LogP contribution in [0.1, 0.15) is 24.8 Å². The zero-order valence-electron chi connectivity index (χ0n) is 15.0. The van der Waals surface area contributed by atoms with E-state index in [4.69, 9.17) is 16.0 Å². The van der Waals surface area contributed by atoms with E-state index in [1.807, 2.05) is 46.7 Å². The zero-order valence-corrected chi connectivity index (χ0v) is 16.6. The number of nitrogens with zero attached hydrogens (tertiary/aromatic N) is 3. The molecule has 3 rings (SSSR count). The van der Waals surface area contributed by atoms with Crippen molar-refractivity contribution < 1.29 is 9.21 Å². The average molecular weight is 405 g/mol. The van der Waals surface area contributed by atoms with Crippen LogP contribution in [-0.4, -0.2) is 34.1 Å². The summed E-state index contributed by atoms with van der Waals surface area (Å²) in [5.74, 6) is 0.984. The molecule has 2 heterocycles. The molecule has 0 aliphatic rings. The van der Waals surface area contributed by atoms with E-state index in [9.17, 15) is 4.79 Å². The third-order valence-electron chi connectivity index (χ3n) is 3.87. The van der Waals surface area contributed by atoms with Gasteiger partial charge in [0.05, 0.1) is 18.0 Å². The molecule has 6 nitrogen and oxygen atoms in total. The molecule has 1 amide bonds. The highest BCUT2D eigenvalue weighted by atomic mass is 35.5. The van der Waals surface area contributed by atoms with Crippen LogP contribution in [0.3, 0.4) is 0 Å². The predicted molar refractivity (Wildman–Crippen MR) is 106 cm³/mol. The minimum Gasteiger partial charge on any atom is -0.419 e. The first-order chi connectivity index (χ1) is 13.1. The van der Waals surface area contributed by atoms with Gasteiger partial charge in [0, 0.05) is 11.6 Å². The number of benzene rings is 1. The molecule has 8 heteroatoms. The zero-order chi connectivity index (χ0) is 19.1. The van der Waals surface area contributed by atoms with Crippen LogP contribution >= 0.6 is 22.9 Å². The van der Waals surface area contributed by atoms with Crippen LogP contribution in [0.15, 0.2) is 46.2 Å². The Balaban J connectivity index is 1.53. The highest BCUT2D eigenvalue weighted by molar-refractivity contribution is 7.13. The van der Waals surface area contributed by atoms with E-state index in [0.717, 1.165) is 23.4 Å². The van der Waals surface area contributed by atoms with Gasteiger partial charge in [0.2, 0.25) is 11.8 Å². The standard InChI is InChI=1S/C19H21ClN4O2S/c1-2-9-24(12-17(25)21-11-14-5-7-15(20)8-6-14)13-18-22-23-19(26-18)16-4-3-10-27-16/h3-8,10H,2,9,11-13H2,1H3,(H,21,25). The van der Waals surface area contributed by atoms with E-state index in [-0.39, 0.29) is 12.5 Å². The number of hydrogen-bond acceptors (Lipinski definition) is 6. The molecule has 0 bridgehead atoms. The summed E-state index contributed by atoms with van der Waals surface area (Å²) in [6.07, 6.45) is 0.927. The number of amides is 1. The Hall–Kier alpha value is -2.22. The Labute approximate surface area is 167 Å². The van der Waals surface area contributed by atoms with Crippen molar-refractivity contribution >= 4 is 28.8 Å². The molecule has 142 valence electrons. The molecule has 0 radical (unpaired) electrons. The Kier molecular flexibility index (Phi) is 6.98. The molecule has 0 unspecified atom stereocenters. The molecule has 0 fully saturated rings. The second-order valence-corrected chi connectivity index (χ2v) is 7.48. The van der Waals surface area contributed by atoms with E-state index in [2.05, 4.69) is 22.4 Å². The van der Waals surface area contributed by atoms with Crippen LogP contribution in [-0.2, 0) is 17.9 Å². The third-order valence-corrected chi connectivity index (χ3v) is 4.98. The Morgan fingerprint density at radius 2 is 2.07 bits per heavy atom. The summed E-state index contributed by atoms with van der Waals surface area (Å²) in [6.45, 7) is 4.03. The topological polar surface area (TPSA) is 71.3 Å². The second kappa shape index (κ2) is 9.64. The fourth-order valence-corrected chi connectivity index (χ4v) is 3.37. The first kappa shape index (κ1) is 19.5. The normalized spacial score (nSPS) is 11.1. The van der Waals surface area contributed by atoms with E-state index in [1.165, 1.54) is 0 Å². The molecule has 2 aromatic heterocycles. The number of hydrogen-bond donors (Lipinski definition) is 1. The molecule has 0 saturated heterocycles. The first-order valence-corrected chi connectivity index (χ1v) is 9.99. The summed E-state index contributed by atoms with van der Waals surface area (Å²) in [4.78, 5) is 15.3. The lowest BCUT2D eigenvalue weighted by Crippen LogP contribution is -2.37. The van der Waals surface area contributed by atoms with Gasteiger partial charge in [0.1, 0.15) is 0 Å². The van der Waals surface area contributed by atoms with Gasteiger partial charge < -0.3 is 9.73 Å². The number of halogens is 1. The third kappa shape index (κ3) is 5.89. The van der Waals surface area contributed by atoms with Gasteiger partial charge in [-0.3, -0.25) is 9.69 Å². The Bertz CT molecular complexity index is 849. The lowest BCUT2D eigenvalue weighted by atomic mass is 10.2. The van der Waals surface area contributed by atoms with Crippen molar-refractivity contribution in [2.75, 3.05) is 13.1 Å². The molecular formula is C19H21ClN4O2S. The average Bonchev–Trinajstić information content (AvgIpc) is 3.33. The lowest BCUT2D eigenvalue weighted by Gasteiger charge is -2.19.